The van der Waals surface area contributed by atoms with Crippen molar-refractivity contribution < 1.29 is 18.4 Å². The average Bonchev–Trinajstić information content (AvgIpc) is 3.35. The van der Waals surface area contributed by atoms with Crippen molar-refractivity contribution in [2.45, 2.75) is 18.8 Å². The lowest BCUT2D eigenvalue weighted by molar-refractivity contribution is -0.121. The topological polar surface area (TPSA) is 88.1 Å². The molecule has 190 valence electrons. The number of fused-ring (bicyclic) bond motifs is 1. The number of rotatable bonds is 8. The molecule has 37 heavy (non-hydrogen) atoms. The van der Waals surface area contributed by atoms with Gasteiger partial charge in [-0.15, -0.1) is 0 Å². The third kappa shape index (κ3) is 5.83. The van der Waals surface area contributed by atoms with Crippen LogP contribution in [0.1, 0.15) is 18.4 Å². The number of benzene rings is 3. The monoisotopic (exact) mass is 503 g/mol. The van der Waals surface area contributed by atoms with E-state index in [9.17, 15) is 18.4 Å². The molecule has 1 unspecified atom stereocenters. The Bertz CT molecular complexity index is 1450. The largest absolute Gasteiger partial charge is 0.359 e. The number of likely N-dealkylation sites (N-methyl/N-ethyl adjacent to an activating group) is 1. The summed E-state index contributed by atoms with van der Waals surface area (Å²) >= 11 is 0. The highest BCUT2D eigenvalue weighted by atomic mass is 19.3. The van der Waals surface area contributed by atoms with Gasteiger partial charge in [-0.05, 0) is 60.0 Å². The third-order valence-corrected chi connectivity index (χ3v) is 6.10. The number of halogens is 2. The van der Waals surface area contributed by atoms with Crippen LogP contribution in [0.4, 0.5) is 19.3 Å². The van der Waals surface area contributed by atoms with E-state index in [-0.39, 0.29) is 11.8 Å². The van der Waals surface area contributed by atoms with E-state index in [1.807, 2.05) is 60.0 Å². The van der Waals surface area contributed by atoms with Crippen LogP contribution in [0.15, 0.2) is 85.7 Å². The summed E-state index contributed by atoms with van der Waals surface area (Å²) in [4.78, 5) is 28.5. The molecule has 1 aromatic heterocycles. The van der Waals surface area contributed by atoms with Crippen LogP contribution in [0.25, 0.3) is 27.8 Å². The Balaban J connectivity index is 1.52. The standard InChI is InChI=1S/C28H27F2N5O2/c1-4-28(29,30)16-32-27(37)34-22-6-5-7-23(15-22)35-17-33-24-14-21(12-13-25(24)35)20-10-8-19(9-11-20)18(2)26(36)31-3/h4-15,17-18H,1,16H2,2-3H3,(H,31,36)(H2,32,34,37). The van der Waals surface area contributed by atoms with Gasteiger partial charge in [-0.25, -0.2) is 18.6 Å². The maximum Gasteiger partial charge on any atom is 0.319 e. The lowest BCUT2D eigenvalue weighted by Crippen LogP contribution is -2.37. The molecule has 1 atom stereocenters. The third-order valence-electron chi connectivity index (χ3n) is 6.10. The molecule has 0 spiro atoms. The Labute approximate surface area is 213 Å². The maximum atomic E-state index is 13.3. The summed E-state index contributed by atoms with van der Waals surface area (Å²) in [5, 5.41) is 7.37. The highest BCUT2D eigenvalue weighted by molar-refractivity contribution is 5.90. The second kappa shape index (κ2) is 10.6. The number of carbonyl (C=O) groups is 2. The van der Waals surface area contributed by atoms with E-state index in [4.69, 9.17) is 0 Å². The lowest BCUT2D eigenvalue weighted by Gasteiger charge is -2.13. The summed E-state index contributed by atoms with van der Waals surface area (Å²) in [7, 11) is 1.63. The first-order valence-corrected chi connectivity index (χ1v) is 11.7. The summed E-state index contributed by atoms with van der Waals surface area (Å²) in [6, 6.07) is 20.1. The summed E-state index contributed by atoms with van der Waals surface area (Å²) in [5.74, 6) is -3.45. The van der Waals surface area contributed by atoms with Crippen LogP contribution in [0, 0.1) is 0 Å². The predicted octanol–water partition coefficient (Wildman–Crippen LogP) is 5.48. The number of imidazole rings is 1. The number of aromatic nitrogens is 2. The molecule has 3 amide bonds. The van der Waals surface area contributed by atoms with E-state index < -0.39 is 18.5 Å². The first-order chi connectivity index (χ1) is 17.7. The Morgan fingerprint density at radius 3 is 2.51 bits per heavy atom. The first kappa shape index (κ1) is 25.6. The minimum Gasteiger partial charge on any atom is -0.359 e. The van der Waals surface area contributed by atoms with E-state index in [1.165, 1.54) is 0 Å². The molecular formula is C28H27F2N5O2. The van der Waals surface area contributed by atoms with Crippen LogP contribution < -0.4 is 16.0 Å². The van der Waals surface area contributed by atoms with Crippen molar-refractivity contribution >= 4 is 28.7 Å². The van der Waals surface area contributed by atoms with Gasteiger partial charge in [0.05, 0.1) is 23.5 Å². The predicted molar refractivity (Wildman–Crippen MR) is 141 cm³/mol. The second-order valence-electron chi connectivity index (χ2n) is 8.60. The van der Waals surface area contributed by atoms with Crippen LogP contribution in [0.3, 0.4) is 0 Å². The molecule has 0 radical (unpaired) electrons. The molecule has 0 fully saturated rings. The minimum absolute atomic E-state index is 0.0335. The Hall–Kier alpha value is -4.53. The number of urea groups is 1. The van der Waals surface area contributed by atoms with Gasteiger partial charge in [-0.1, -0.05) is 43.0 Å². The van der Waals surface area contributed by atoms with Crippen molar-refractivity contribution in [3.8, 4) is 16.8 Å². The summed E-state index contributed by atoms with van der Waals surface area (Å²) in [5.41, 5.74) is 5.76. The molecule has 7 nitrogen and oxygen atoms in total. The number of nitrogens with zero attached hydrogens (tertiary/aromatic N) is 2. The zero-order valence-electron chi connectivity index (χ0n) is 20.5. The van der Waals surface area contributed by atoms with E-state index >= 15 is 0 Å². The summed E-state index contributed by atoms with van der Waals surface area (Å²) in [6.45, 7) is 4.08. The number of hydrogen-bond acceptors (Lipinski definition) is 3. The van der Waals surface area contributed by atoms with Crippen molar-refractivity contribution in [3.63, 3.8) is 0 Å². The van der Waals surface area contributed by atoms with Crippen LogP contribution in [-0.4, -0.2) is 41.0 Å². The van der Waals surface area contributed by atoms with Crippen molar-refractivity contribution in [2.75, 3.05) is 18.9 Å². The molecule has 9 heteroatoms. The number of hydrogen-bond donors (Lipinski definition) is 3. The summed E-state index contributed by atoms with van der Waals surface area (Å²) < 4.78 is 28.5. The molecule has 0 aliphatic carbocycles. The number of nitrogens with one attached hydrogen (secondary N) is 3. The molecule has 4 rings (SSSR count). The molecule has 1 heterocycles. The molecule has 0 saturated carbocycles. The molecular weight excluding hydrogens is 476 g/mol. The van der Waals surface area contributed by atoms with Crippen molar-refractivity contribution in [2.24, 2.45) is 0 Å². The average molecular weight is 504 g/mol. The Morgan fingerprint density at radius 1 is 1.08 bits per heavy atom. The van der Waals surface area contributed by atoms with E-state index in [0.717, 1.165) is 33.4 Å². The van der Waals surface area contributed by atoms with E-state index in [0.29, 0.717) is 11.8 Å². The van der Waals surface area contributed by atoms with Gasteiger partial charge in [0.25, 0.3) is 5.92 Å². The molecule has 0 aliphatic heterocycles. The fourth-order valence-corrected chi connectivity index (χ4v) is 3.91. The van der Waals surface area contributed by atoms with E-state index in [2.05, 4.69) is 27.5 Å². The highest BCUT2D eigenvalue weighted by Gasteiger charge is 2.24. The van der Waals surface area contributed by atoms with Gasteiger partial charge in [0.15, 0.2) is 0 Å². The molecule has 0 aliphatic rings. The Kier molecular flexibility index (Phi) is 7.33. The number of carbonyl (C=O) groups excluding carboxylic acids is 2. The van der Waals surface area contributed by atoms with Gasteiger partial charge in [0, 0.05) is 18.4 Å². The second-order valence-corrected chi connectivity index (χ2v) is 8.60. The normalized spacial score (nSPS) is 12.1. The fraction of sp³-hybridized carbons (Fsp3) is 0.179. The van der Waals surface area contributed by atoms with Crippen LogP contribution >= 0.6 is 0 Å². The number of alkyl halides is 2. The maximum absolute atomic E-state index is 13.3. The van der Waals surface area contributed by atoms with Gasteiger partial charge in [-0.3, -0.25) is 9.36 Å². The van der Waals surface area contributed by atoms with Crippen molar-refractivity contribution in [3.05, 3.63) is 91.3 Å². The highest BCUT2D eigenvalue weighted by Crippen LogP contribution is 2.28. The Morgan fingerprint density at radius 2 is 1.81 bits per heavy atom. The molecule has 3 N–H and O–H groups in total. The molecule has 0 bridgehead atoms. The fourth-order valence-electron chi connectivity index (χ4n) is 3.91. The van der Waals surface area contributed by atoms with Gasteiger partial charge in [0.2, 0.25) is 5.91 Å². The number of amides is 3. The van der Waals surface area contributed by atoms with Crippen LogP contribution in [-0.2, 0) is 4.79 Å². The molecule has 4 aromatic rings. The molecule has 0 saturated heterocycles. The zero-order valence-corrected chi connectivity index (χ0v) is 20.5. The van der Waals surface area contributed by atoms with Crippen LogP contribution in [0.5, 0.6) is 0 Å². The van der Waals surface area contributed by atoms with Crippen molar-refractivity contribution in [1.82, 2.24) is 20.2 Å². The first-order valence-electron chi connectivity index (χ1n) is 11.7. The van der Waals surface area contributed by atoms with Gasteiger partial charge in [0.1, 0.15) is 6.33 Å². The SMILES string of the molecule is C=CC(F)(F)CNC(=O)Nc1cccc(-n2cnc3cc(-c4ccc(C(C)C(=O)NC)cc4)ccc32)c1. The zero-order chi connectivity index (χ0) is 26.6. The summed E-state index contributed by atoms with van der Waals surface area (Å²) in [6.07, 6.45) is 2.18. The smallest absolute Gasteiger partial charge is 0.319 e. The number of anilines is 1. The van der Waals surface area contributed by atoms with Gasteiger partial charge in [-0.2, -0.15) is 0 Å². The molecule has 3 aromatic carbocycles. The van der Waals surface area contributed by atoms with Crippen LogP contribution in [0.2, 0.25) is 0 Å². The lowest BCUT2D eigenvalue weighted by atomic mass is 9.97. The van der Waals surface area contributed by atoms with Crippen molar-refractivity contribution in [1.29, 1.82) is 0 Å². The quantitative estimate of drug-likeness (QED) is 0.278. The minimum atomic E-state index is -3.18. The van der Waals surface area contributed by atoms with E-state index in [1.54, 1.807) is 31.6 Å². The van der Waals surface area contributed by atoms with Gasteiger partial charge < -0.3 is 16.0 Å². The van der Waals surface area contributed by atoms with Gasteiger partial charge >= 0.3 is 6.03 Å².